The lowest BCUT2D eigenvalue weighted by Crippen LogP contribution is -2.40. The molecule has 31 heavy (non-hydrogen) atoms. The molecule has 4 N–H and O–H groups in total. The van der Waals surface area contributed by atoms with E-state index in [1.54, 1.807) is 6.92 Å². The van der Waals surface area contributed by atoms with E-state index in [9.17, 15) is 4.79 Å². The van der Waals surface area contributed by atoms with Crippen molar-refractivity contribution >= 4 is 17.5 Å². The summed E-state index contributed by atoms with van der Waals surface area (Å²) in [6, 6.07) is 10.9. The van der Waals surface area contributed by atoms with Gasteiger partial charge in [0.2, 0.25) is 5.91 Å². The van der Waals surface area contributed by atoms with Gasteiger partial charge >= 0.3 is 0 Å². The van der Waals surface area contributed by atoms with Crippen molar-refractivity contribution in [2.45, 2.75) is 57.5 Å². The van der Waals surface area contributed by atoms with Gasteiger partial charge in [-0.05, 0) is 68.7 Å². The highest BCUT2D eigenvalue weighted by Gasteiger charge is 2.21. The van der Waals surface area contributed by atoms with Gasteiger partial charge in [0.1, 0.15) is 11.6 Å². The zero-order chi connectivity index (χ0) is 21.6. The predicted octanol–water partition coefficient (Wildman–Crippen LogP) is 3.50. The standard InChI is InChI=1S/C24H34N6O/c1-17(31)30-13-3-4-18(16-30)15-27-23-6-2-5-22(29-23)19-11-12-26-24(14-19)28-21-9-7-20(25)8-10-21/h2,5-6,11-12,14,18,20-21H,3-4,7-10,13,15-16,25H2,1H3,(H,26,28)(H,27,29)/t18-,20?,21?/m1/s1. The number of pyridine rings is 2. The fraction of sp³-hybridized carbons (Fsp3) is 0.542. The van der Waals surface area contributed by atoms with Crippen LogP contribution in [0.1, 0.15) is 45.4 Å². The maximum absolute atomic E-state index is 11.7. The Morgan fingerprint density at radius 3 is 2.81 bits per heavy atom. The topological polar surface area (TPSA) is 96.2 Å². The molecule has 0 unspecified atom stereocenters. The number of nitrogens with one attached hydrogen (secondary N) is 2. The number of nitrogens with zero attached hydrogens (tertiary/aromatic N) is 3. The fourth-order valence-corrected chi connectivity index (χ4v) is 4.60. The molecule has 2 fully saturated rings. The molecule has 4 rings (SSSR count). The van der Waals surface area contributed by atoms with Crippen molar-refractivity contribution in [2.75, 3.05) is 30.3 Å². The number of nitrogens with two attached hydrogens (primary N) is 1. The van der Waals surface area contributed by atoms with Crippen molar-refractivity contribution in [2.24, 2.45) is 11.7 Å². The van der Waals surface area contributed by atoms with Crippen LogP contribution in [0.2, 0.25) is 0 Å². The van der Waals surface area contributed by atoms with Crippen LogP contribution in [0.4, 0.5) is 11.6 Å². The summed E-state index contributed by atoms with van der Waals surface area (Å²) in [5.41, 5.74) is 8.00. The van der Waals surface area contributed by atoms with Gasteiger partial charge in [-0.2, -0.15) is 0 Å². The average molecular weight is 423 g/mol. The van der Waals surface area contributed by atoms with E-state index < -0.39 is 0 Å². The fourth-order valence-electron chi connectivity index (χ4n) is 4.60. The van der Waals surface area contributed by atoms with Crippen molar-refractivity contribution in [3.05, 3.63) is 36.5 Å². The number of piperidine rings is 1. The molecular weight excluding hydrogens is 388 g/mol. The lowest BCUT2D eigenvalue weighted by Gasteiger charge is -2.32. The number of rotatable bonds is 6. The van der Waals surface area contributed by atoms with E-state index in [1.807, 2.05) is 35.4 Å². The third-order valence-electron chi connectivity index (χ3n) is 6.46. The van der Waals surface area contributed by atoms with Gasteiger partial charge in [0.25, 0.3) is 0 Å². The van der Waals surface area contributed by atoms with E-state index in [4.69, 9.17) is 10.7 Å². The number of aromatic nitrogens is 2. The number of hydrogen-bond donors (Lipinski definition) is 3. The summed E-state index contributed by atoms with van der Waals surface area (Å²) < 4.78 is 0. The lowest BCUT2D eigenvalue weighted by atomic mass is 9.92. The molecule has 166 valence electrons. The summed E-state index contributed by atoms with van der Waals surface area (Å²) in [7, 11) is 0. The normalized spacial score (nSPS) is 23.9. The average Bonchev–Trinajstić information content (AvgIpc) is 2.80. The van der Waals surface area contributed by atoms with Gasteiger partial charge < -0.3 is 21.3 Å². The van der Waals surface area contributed by atoms with Crippen molar-refractivity contribution in [3.8, 4) is 11.3 Å². The first-order chi connectivity index (χ1) is 15.1. The van der Waals surface area contributed by atoms with Gasteiger partial charge in [0.15, 0.2) is 0 Å². The molecule has 1 saturated carbocycles. The number of likely N-dealkylation sites (tertiary alicyclic amines) is 1. The van der Waals surface area contributed by atoms with Crippen LogP contribution >= 0.6 is 0 Å². The van der Waals surface area contributed by atoms with Gasteiger partial charge in [-0.25, -0.2) is 9.97 Å². The van der Waals surface area contributed by atoms with Crippen LogP contribution in [-0.4, -0.2) is 52.5 Å². The summed E-state index contributed by atoms with van der Waals surface area (Å²) in [5, 5.41) is 7.04. The van der Waals surface area contributed by atoms with Crippen molar-refractivity contribution in [1.29, 1.82) is 0 Å². The van der Waals surface area contributed by atoms with Gasteiger partial charge in [-0.15, -0.1) is 0 Å². The van der Waals surface area contributed by atoms with Crippen molar-refractivity contribution in [1.82, 2.24) is 14.9 Å². The minimum absolute atomic E-state index is 0.169. The molecule has 7 heteroatoms. The molecule has 3 heterocycles. The number of carbonyl (C=O) groups is 1. The Hall–Kier alpha value is -2.67. The zero-order valence-electron chi connectivity index (χ0n) is 18.4. The maximum Gasteiger partial charge on any atom is 0.219 e. The summed E-state index contributed by atoms with van der Waals surface area (Å²) in [6.07, 6.45) is 8.36. The monoisotopic (exact) mass is 422 g/mol. The molecule has 2 aliphatic rings. The molecule has 7 nitrogen and oxygen atoms in total. The first-order valence-electron chi connectivity index (χ1n) is 11.5. The molecule has 0 spiro atoms. The molecule has 1 amide bonds. The molecule has 1 atom stereocenters. The maximum atomic E-state index is 11.7. The molecule has 0 aromatic carbocycles. The van der Waals surface area contributed by atoms with Crippen LogP contribution in [0, 0.1) is 5.92 Å². The highest BCUT2D eigenvalue weighted by molar-refractivity contribution is 5.73. The van der Waals surface area contributed by atoms with Crippen LogP contribution in [0.3, 0.4) is 0 Å². The molecule has 2 aromatic rings. The van der Waals surface area contributed by atoms with Gasteiger partial charge in [-0.1, -0.05) is 6.07 Å². The van der Waals surface area contributed by atoms with Crippen LogP contribution < -0.4 is 16.4 Å². The number of amides is 1. The Kier molecular flexibility index (Phi) is 7.02. The number of hydrogen-bond acceptors (Lipinski definition) is 6. The lowest BCUT2D eigenvalue weighted by molar-refractivity contribution is -0.130. The summed E-state index contributed by atoms with van der Waals surface area (Å²) in [4.78, 5) is 22.9. The van der Waals surface area contributed by atoms with E-state index in [2.05, 4.69) is 21.7 Å². The second-order valence-corrected chi connectivity index (χ2v) is 8.95. The Bertz CT molecular complexity index is 880. The highest BCUT2D eigenvalue weighted by Crippen LogP contribution is 2.24. The number of anilines is 2. The van der Waals surface area contributed by atoms with Crippen molar-refractivity contribution in [3.63, 3.8) is 0 Å². The Morgan fingerprint density at radius 2 is 2.00 bits per heavy atom. The molecule has 0 bridgehead atoms. The molecule has 0 radical (unpaired) electrons. The molecule has 2 aromatic heterocycles. The minimum atomic E-state index is 0.169. The van der Waals surface area contributed by atoms with Gasteiger partial charge in [0.05, 0.1) is 5.69 Å². The molecule has 1 aliphatic heterocycles. The minimum Gasteiger partial charge on any atom is -0.370 e. The SMILES string of the molecule is CC(=O)N1CCC[C@H](CNc2cccc(-c3ccnc(NC4CCC(N)CC4)c3)n2)C1. The van der Waals surface area contributed by atoms with E-state index in [0.29, 0.717) is 18.0 Å². The Balaban J connectivity index is 1.37. The van der Waals surface area contributed by atoms with Crippen molar-refractivity contribution < 1.29 is 4.79 Å². The predicted molar refractivity (Wildman–Crippen MR) is 125 cm³/mol. The summed E-state index contributed by atoms with van der Waals surface area (Å²) >= 11 is 0. The van der Waals surface area contributed by atoms with Crippen LogP contribution in [0.25, 0.3) is 11.3 Å². The van der Waals surface area contributed by atoms with Crippen LogP contribution in [0.15, 0.2) is 36.5 Å². The Morgan fingerprint density at radius 1 is 1.16 bits per heavy atom. The largest absolute Gasteiger partial charge is 0.370 e. The molecule has 1 saturated heterocycles. The third-order valence-corrected chi connectivity index (χ3v) is 6.46. The van der Waals surface area contributed by atoms with E-state index >= 15 is 0 Å². The van der Waals surface area contributed by atoms with E-state index in [1.165, 1.54) is 0 Å². The molecule has 1 aliphatic carbocycles. The van der Waals surface area contributed by atoms with Gasteiger partial charge in [0, 0.05) is 50.4 Å². The second-order valence-electron chi connectivity index (χ2n) is 8.95. The number of carbonyl (C=O) groups excluding carboxylic acids is 1. The summed E-state index contributed by atoms with van der Waals surface area (Å²) in [6.45, 7) is 4.19. The van der Waals surface area contributed by atoms with E-state index in [-0.39, 0.29) is 5.91 Å². The van der Waals surface area contributed by atoms with Crippen LogP contribution in [0.5, 0.6) is 0 Å². The Labute approximate surface area is 184 Å². The molecular formula is C24H34N6O. The highest BCUT2D eigenvalue weighted by atomic mass is 16.2. The smallest absolute Gasteiger partial charge is 0.219 e. The quantitative estimate of drug-likeness (QED) is 0.659. The van der Waals surface area contributed by atoms with E-state index in [0.717, 1.165) is 81.1 Å². The van der Waals surface area contributed by atoms with Crippen LogP contribution in [-0.2, 0) is 4.79 Å². The second kappa shape index (κ2) is 10.1. The third kappa shape index (κ3) is 5.94. The first kappa shape index (κ1) is 21.6. The summed E-state index contributed by atoms with van der Waals surface area (Å²) in [5.74, 6) is 2.39. The van der Waals surface area contributed by atoms with Gasteiger partial charge in [-0.3, -0.25) is 4.79 Å². The zero-order valence-corrected chi connectivity index (χ0v) is 18.4. The first-order valence-corrected chi connectivity index (χ1v) is 11.5.